The molecule has 0 aliphatic carbocycles. The number of carbonyl (C=O) groups excluding carboxylic acids is 2. The van der Waals surface area contributed by atoms with Crippen molar-refractivity contribution in [2.75, 3.05) is 11.5 Å². The van der Waals surface area contributed by atoms with Crippen LogP contribution in [0, 0.1) is 18.3 Å². The third kappa shape index (κ3) is 7.64. The van der Waals surface area contributed by atoms with Gasteiger partial charge in [0, 0.05) is 23.7 Å². The number of fused-ring (bicyclic) bond motifs is 1. The molecular weight excluding hydrogens is 636 g/mol. The maximum absolute atomic E-state index is 14.6. The number of aliphatic imine (C=N–C) groups is 1. The number of carbonyl (C=O) groups is 2. The van der Waals surface area contributed by atoms with Crippen LogP contribution in [0.5, 0.6) is 5.88 Å². The number of aromatic hydroxyl groups is 1. The Morgan fingerprint density at radius 2 is 1.49 bits per heavy atom. The van der Waals surface area contributed by atoms with Crippen LogP contribution in [0.1, 0.15) is 39.5 Å². The van der Waals surface area contributed by atoms with E-state index in [0.717, 1.165) is 22.2 Å². The maximum Gasteiger partial charge on any atom is 0.350 e. The Balaban J connectivity index is 1.59. The highest BCUT2D eigenvalue weighted by molar-refractivity contribution is 6.54. The van der Waals surface area contributed by atoms with Crippen LogP contribution in [-0.2, 0) is 22.6 Å². The third-order valence-corrected chi connectivity index (χ3v) is 8.38. The average Bonchev–Trinajstić information content (AvgIpc) is 3.42. The first kappa shape index (κ1) is 34.2. The van der Waals surface area contributed by atoms with Gasteiger partial charge in [-0.1, -0.05) is 115 Å². The van der Waals surface area contributed by atoms with E-state index in [4.69, 9.17) is 9.73 Å². The second-order valence-corrected chi connectivity index (χ2v) is 11.9. The fourth-order valence-corrected chi connectivity index (χ4v) is 5.96. The Kier molecular flexibility index (Phi) is 10.5. The Hall–Kier alpha value is -6.72. The predicted molar refractivity (Wildman–Crippen MR) is 200 cm³/mol. The first-order chi connectivity index (χ1) is 24.9. The van der Waals surface area contributed by atoms with Crippen molar-refractivity contribution in [3.63, 3.8) is 0 Å². The Morgan fingerprint density at radius 3 is 2.16 bits per heavy atom. The van der Waals surface area contributed by atoms with Crippen LogP contribution in [-0.4, -0.2) is 33.7 Å². The van der Waals surface area contributed by atoms with Crippen LogP contribution in [0.15, 0.2) is 150 Å². The number of nitriles is 1. The van der Waals surface area contributed by atoms with Gasteiger partial charge in [0.15, 0.2) is 5.57 Å². The van der Waals surface area contributed by atoms with E-state index >= 15 is 0 Å². The smallest absolute Gasteiger partial charge is 0.350 e. The van der Waals surface area contributed by atoms with Crippen molar-refractivity contribution in [1.29, 1.82) is 5.26 Å². The van der Waals surface area contributed by atoms with Gasteiger partial charge in [-0.05, 0) is 49.2 Å². The molecule has 1 aromatic heterocycles. The fourth-order valence-electron chi connectivity index (χ4n) is 5.96. The predicted octanol–water partition coefficient (Wildman–Crippen LogP) is 8.68. The number of hydrogen-bond acceptors (Lipinski definition) is 7. The topological polar surface area (TPSA) is 108 Å². The molecule has 8 nitrogen and oxygen atoms in total. The zero-order valence-corrected chi connectivity index (χ0v) is 28.4. The number of Topliss-reactive ketones (excluding diaryl/α,β-unsaturated/α-hetero) is 1. The minimum Gasteiger partial charge on any atom is -0.494 e. The number of esters is 1. The molecule has 0 aliphatic heterocycles. The Morgan fingerprint density at radius 1 is 0.863 bits per heavy atom. The number of ketones is 1. The highest BCUT2D eigenvalue weighted by atomic mass is 16.5. The number of aryl methyl sites for hydroxylation is 1. The van der Waals surface area contributed by atoms with E-state index in [0.29, 0.717) is 34.4 Å². The monoisotopic (exact) mass is 672 g/mol. The van der Waals surface area contributed by atoms with E-state index in [1.54, 1.807) is 52.8 Å². The lowest BCUT2D eigenvalue weighted by Crippen LogP contribution is -2.20. The lowest BCUT2D eigenvalue weighted by molar-refractivity contribution is -0.138. The van der Waals surface area contributed by atoms with Gasteiger partial charge in [0.1, 0.15) is 11.8 Å². The van der Waals surface area contributed by atoms with Crippen LogP contribution in [0.2, 0.25) is 0 Å². The van der Waals surface area contributed by atoms with Crippen LogP contribution in [0.3, 0.4) is 0 Å². The molecular formula is C43H36N4O4. The summed E-state index contributed by atoms with van der Waals surface area (Å²) in [6, 6.07) is 43.3. The molecule has 0 unspecified atom stereocenters. The van der Waals surface area contributed by atoms with Crippen LogP contribution < -0.4 is 4.90 Å². The quantitative estimate of drug-likeness (QED) is 0.0458. The summed E-state index contributed by atoms with van der Waals surface area (Å²) in [5.74, 6) is -1.21. The molecule has 0 fully saturated rings. The van der Waals surface area contributed by atoms with E-state index < -0.39 is 5.97 Å². The second-order valence-electron chi connectivity index (χ2n) is 11.9. The molecule has 0 saturated carbocycles. The van der Waals surface area contributed by atoms with Crippen LogP contribution in [0.4, 0.5) is 11.4 Å². The van der Waals surface area contributed by atoms with Crippen LogP contribution in [0.25, 0.3) is 10.9 Å². The van der Waals surface area contributed by atoms with Gasteiger partial charge in [0.25, 0.3) is 0 Å². The molecule has 8 heteroatoms. The number of benzene rings is 5. The average molecular weight is 673 g/mol. The summed E-state index contributed by atoms with van der Waals surface area (Å²) < 4.78 is 6.96. The Labute approximate surface area is 296 Å². The summed E-state index contributed by atoms with van der Waals surface area (Å²) >= 11 is 0. The molecule has 6 aromatic rings. The van der Waals surface area contributed by atoms with Gasteiger partial charge in [0.2, 0.25) is 11.7 Å². The number of aromatic nitrogens is 1. The van der Waals surface area contributed by atoms with Gasteiger partial charge in [-0.25, -0.2) is 9.79 Å². The normalized spacial score (nSPS) is 11.6. The van der Waals surface area contributed by atoms with Gasteiger partial charge in [-0.15, -0.1) is 0 Å². The number of ether oxygens (including phenoxy) is 1. The lowest BCUT2D eigenvalue weighted by Gasteiger charge is -2.23. The molecule has 0 saturated heterocycles. The van der Waals surface area contributed by atoms with E-state index in [2.05, 4.69) is 0 Å². The highest BCUT2D eigenvalue weighted by Crippen LogP contribution is 2.37. The zero-order chi connectivity index (χ0) is 35.7. The van der Waals surface area contributed by atoms with Gasteiger partial charge < -0.3 is 19.3 Å². The van der Waals surface area contributed by atoms with Crippen molar-refractivity contribution in [2.24, 2.45) is 4.99 Å². The summed E-state index contributed by atoms with van der Waals surface area (Å²) in [7, 11) is 0. The van der Waals surface area contributed by atoms with Crippen molar-refractivity contribution in [2.45, 2.75) is 26.9 Å². The molecule has 0 aliphatic rings. The Bertz CT molecular complexity index is 2290. The van der Waals surface area contributed by atoms with Crippen LogP contribution >= 0.6 is 0 Å². The number of anilines is 1. The number of para-hydroxylation sites is 2. The van der Waals surface area contributed by atoms with E-state index in [1.165, 1.54) is 6.20 Å². The number of rotatable bonds is 12. The first-order valence-electron chi connectivity index (χ1n) is 16.6. The summed E-state index contributed by atoms with van der Waals surface area (Å²) in [5.41, 5.74) is 5.08. The van der Waals surface area contributed by atoms with E-state index in [-0.39, 0.29) is 36.1 Å². The van der Waals surface area contributed by atoms with Crippen molar-refractivity contribution in [1.82, 2.24) is 4.57 Å². The van der Waals surface area contributed by atoms with Crippen molar-refractivity contribution < 1.29 is 19.4 Å². The molecule has 0 bridgehead atoms. The standard InChI is InChI=1S/C43H36N4O4/c1-3-51-43(50)34(26-44)29-46(27-31-15-7-4-8-16-31)38-22-14-13-21-36(38)45-40(41(48)33-19-11-6-12-20-33)39-35-25-30(2)23-24-37(35)47(42(39)49)28-32-17-9-5-10-18-32/h4-25,29,49H,3,27-28H2,1-2H3/b34-29+,45-40?. The summed E-state index contributed by atoms with van der Waals surface area (Å²) in [4.78, 5) is 34.2. The highest BCUT2D eigenvalue weighted by Gasteiger charge is 2.28. The first-order valence-corrected chi connectivity index (χ1v) is 16.6. The molecule has 1 N–H and O–H groups in total. The minimum absolute atomic E-state index is 0.0445. The molecule has 252 valence electrons. The minimum atomic E-state index is -0.745. The van der Waals surface area contributed by atoms with E-state index in [9.17, 15) is 20.0 Å². The molecule has 0 amide bonds. The summed E-state index contributed by atoms with van der Waals surface area (Å²) in [5, 5.41) is 22.7. The molecule has 6 rings (SSSR count). The molecule has 51 heavy (non-hydrogen) atoms. The zero-order valence-electron chi connectivity index (χ0n) is 28.4. The van der Waals surface area contributed by atoms with Gasteiger partial charge in [-0.2, -0.15) is 5.26 Å². The van der Waals surface area contributed by atoms with E-state index in [1.807, 2.05) is 110 Å². The van der Waals surface area contributed by atoms with Crippen molar-refractivity contribution in [3.05, 3.63) is 173 Å². The number of hydrogen-bond donors (Lipinski definition) is 1. The maximum atomic E-state index is 14.6. The molecule has 0 atom stereocenters. The summed E-state index contributed by atoms with van der Waals surface area (Å²) in [6.45, 7) is 4.40. The largest absolute Gasteiger partial charge is 0.494 e. The molecule has 1 heterocycles. The van der Waals surface area contributed by atoms with Gasteiger partial charge in [-0.3, -0.25) is 4.79 Å². The number of nitrogens with zero attached hydrogens (tertiary/aromatic N) is 4. The lowest BCUT2D eigenvalue weighted by atomic mass is 9.98. The molecule has 5 aromatic carbocycles. The van der Waals surface area contributed by atoms with Gasteiger partial charge in [0.05, 0.1) is 35.6 Å². The summed E-state index contributed by atoms with van der Waals surface area (Å²) in [6.07, 6.45) is 1.45. The van der Waals surface area contributed by atoms with Gasteiger partial charge >= 0.3 is 5.97 Å². The molecule has 0 spiro atoms. The SMILES string of the molecule is CCOC(=O)/C(C#N)=C/N(Cc1ccccc1)c1ccccc1N=C(C(=O)c1ccccc1)c1c(O)n(Cc2ccccc2)c2ccc(C)cc12. The fraction of sp³-hybridized carbons (Fsp3) is 0.116. The third-order valence-electron chi connectivity index (χ3n) is 8.38. The van der Waals surface area contributed by atoms with Crippen molar-refractivity contribution >= 4 is 39.7 Å². The molecule has 0 radical (unpaired) electrons. The second kappa shape index (κ2) is 15.7. The van der Waals surface area contributed by atoms with Crippen molar-refractivity contribution in [3.8, 4) is 11.9 Å².